The third-order valence-corrected chi connectivity index (χ3v) is 4.17. The summed E-state index contributed by atoms with van der Waals surface area (Å²) in [7, 11) is 1.67. The van der Waals surface area contributed by atoms with Crippen molar-refractivity contribution >= 4 is 12.2 Å². The lowest BCUT2D eigenvalue weighted by atomic mass is 10.1. The topological polar surface area (TPSA) is 29.9 Å². The maximum atomic E-state index is 5.45. The summed E-state index contributed by atoms with van der Waals surface area (Å²) in [5.41, 5.74) is 2.33. The van der Waals surface area contributed by atoms with Crippen molar-refractivity contribution in [2.24, 2.45) is 0 Å². The minimum absolute atomic E-state index is 0.654. The third-order valence-electron chi connectivity index (χ3n) is 3.87. The highest BCUT2D eigenvalue weighted by atomic mass is 32.1. The quantitative estimate of drug-likeness (QED) is 0.850. The zero-order chi connectivity index (χ0) is 13.2. The summed E-state index contributed by atoms with van der Waals surface area (Å²) in [5, 5.41) is 3.45. The Morgan fingerprint density at radius 1 is 1.21 bits per heavy atom. The van der Waals surface area contributed by atoms with Crippen LogP contribution in [0.15, 0.2) is 30.3 Å². The molecule has 100 valence electrons. The van der Waals surface area contributed by atoms with E-state index in [1.165, 1.54) is 31.4 Å². The van der Waals surface area contributed by atoms with Crippen LogP contribution in [0.25, 0.3) is 5.69 Å². The Labute approximate surface area is 118 Å². The summed E-state index contributed by atoms with van der Waals surface area (Å²) in [6.45, 7) is 0. The monoisotopic (exact) mass is 274 g/mol. The molecule has 0 aliphatic heterocycles. The summed E-state index contributed by atoms with van der Waals surface area (Å²) in [6.07, 6.45) is 5.22. The number of nitrogens with zero attached hydrogens (tertiary/aromatic N) is 1. The van der Waals surface area contributed by atoms with E-state index in [0.717, 1.165) is 16.1 Å². The largest absolute Gasteiger partial charge is 0.497 e. The van der Waals surface area contributed by atoms with Crippen LogP contribution >= 0.6 is 12.2 Å². The zero-order valence-electron chi connectivity index (χ0n) is 11.1. The van der Waals surface area contributed by atoms with Gasteiger partial charge >= 0.3 is 0 Å². The van der Waals surface area contributed by atoms with Crippen molar-refractivity contribution in [2.75, 3.05) is 7.11 Å². The number of nitrogens with one attached hydrogen (secondary N) is 1. The fraction of sp³-hybridized carbons (Fsp3) is 0.400. The highest BCUT2D eigenvalue weighted by molar-refractivity contribution is 7.71. The number of hydrogen-bond acceptors (Lipinski definition) is 2. The maximum absolute atomic E-state index is 5.45. The van der Waals surface area contributed by atoms with Gasteiger partial charge in [-0.25, -0.2) is 4.68 Å². The third kappa shape index (κ3) is 2.45. The molecule has 0 amide bonds. The number of hydrogen-bond donors (Lipinski definition) is 1. The average molecular weight is 274 g/mol. The van der Waals surface area contributed by atoms with Gasteiger partial charge in [0, 0.05) is 11.6 Å². The second-order valence-electron chi connectivity index (χ2n) is 5.06. The summed E-state index contributed by atoms with van der Waals surface area (Å²) >= 11 is 5.45. The molecular weight excluding hydrogens is 256 g/mol. The number of aromatic amines is 1. The van der Waals surface area contributed by atoms with Gasteiger partial charge in [-0.2, -0.15) is 0 Å². The van der Waals surface area contributed by atoms with Crippen molar-refractivity contribution < 1.29 is 4.74 Å². The Morgan fingerprint density at radius 2 is 1.89 bits per heavy atom. The molecule has 1 fully saturated rings. The molecule has 0 spiro atoms. The van der Waals surface area contributed by atoms with Gasteiger partial charge in [-0.15, -0.1) is 0 Å². The highest BCUT2D eigenvalue weighted by Gasteiger charge is 2.19. The van der Waals surface area contributed by atoms with Gasteiger partial charge < -0.3 is 4.74 Å². The van der Waals surface area contributed by atoms with Gasteiger partial charge in [0.1, 0.15) is 10.4 Å². The number of ether oxygens (including phenoxy) is 1. The van der Waals surface area contributed by atoms with E-state index in [2.05, 4.69) is 11.2 Å². The van der Waals surface area contributed by atoms with Crippen molar-refractivity contribution in [3.8, 4) is 11.4 Å². The highest BCUT2D eigenvalue weighted by Crippen LogP contribution is 2.33. The van der Waals surface area contributed by atoms with Gasteiger partial charge in [0.25, 0.3) is 0 Å². The van der Waals surface area contributed by atoms with E-state index in [1.54, 1.807) is 7.11 Å². The molecule has 1 aromatic heterocycles. The fourth-order valence-corrected chi connectivity index (χ4v) is 3.06. The molecule has 1 heterocycles. The van der Waals surface area contributed by atoms with E-state index in [4.69, 9.17) is 17.0 Å². The molecule has 3 nitrogen and oxygen atoms in total. The number of rotatable bonds is 3. The Hall–Kier alpha value is -1.55. The van der Waals surface area contributed by atoms with Crippen LogP contribution in [0.3, 0.4) is 0 Å². The molecule has 0 atom stereocenters. The molecular formula is C15H18N2OS. The second kappa shape index (κ2) is 5.21. The minimum atomic E-state index is 0.654. The van der Waals surface area contributed by atoms with Gasteiger partial charge in [0.05, 0.1) is 12.8 Å². The molecule has 1 N–H and O–H groups in total. The molecule has 0 saturated heterocycles. The van der Waals surface area contributed by atoms with Crippen LogP contribution in [0.5, 0.6) is 5.75 Å². The van der Waals surface area contributed by atoms with Crippen LogP contribution in [0.2, 0.25) is 0 Å². The molecule has 1 aliphatic rings. The van der Waals surface area contributed by atoms with E-state index in [9.17, 15) is 0 Å². The van der Waals surface area contributed by atoms with Gasteiger partial charge in [0.2, 0.25) is 0 Å². The SMILES string of the molecule is COc1ccc(-n2[nH]c(C3CCCC3)cc2=S)cc1. The van der Waals surface area contributed by atoms with E-state index in [0.29, 0.717) is 5.92 Å². The first-order valence-electron chi connectivity index (χ1n) is 6.74. The Morgan fingerprint density at radius 3 is 2.53 bits per heavy atom. The number of H-pyrrole nitrogens is 1. The lowest BCUT2D eigenvalue weighted by molar-refractivity contribution is 0.414. The first kappa shape index (κ1) is 12.5. The molecule has 19 heavy (non-hydrogen) atoms. The van der Waals surface area contributed by atoms with E-state index >= 15 is 0 Å². The normalized spacial score (nSPS) is 15.8. The molecule has 1 aromatic carbocycles. The van der Waals surface area contributed by atoms with E-state index < -0.39 is 0 Å². The Balaban J connectivity index is 1.93. The van der Waals surface area contributed by atoms with Crippen LogP contribution in [0, 0.1) is 4.64 Å². The lowest BCUT2D eigenvalue weighted by Crippen LogP contribution is -1.99. The maximum Gasteiger partial charge on any atom is 0.127 e. The van der Waals surface area contributed by atoms with Crippen LogP contribution in [0.1, 0.15) is 37.3 Å². The van der Waals surface area contributed by atoms with Crippen molar-refractivity contribution in [3.05, 3.63) is 40.7 Å². The van der Waals surface area contributed by atoms with Crippen LogP contribution < -0.4 is 4.74 Å². The number of benzene rings is 1. The zero-order valence-corrected chi connectivity index (χ0v) is 11.9. The van der Waals surface area contributed by atoms with Gasteiger partial charge in [-0.3, -0.25) is 5.10 Å². The lowest BCUT2D eigenvalue weighted by Gasteiger charge is -2.07. The smallest absolute Gasteiger partial charge is 0.127 e. The molecule has 4 heteroatoms. The molecule has 0 radical (unpaired) electrons. The molecule has 1 saturated carbocycles. The minimum Gasteiger partial charge on any atom is -0.497 e. The fourth-order valence-electron chi connectivity index (χ4n) is 2.78. The summed E-state index contributed by atoms with van der Waals surface area (Å²) < 4.78 is 7.99. The predicted molar refractivity (Wildman–Crippen MR) is 78.7 cm³/mol. The van der Waals surface area contributed by atoms with Gasteiger partial charge in [0.15, 0.2) is 0 Å². The average Bonchev–Trinajstić information content (AvgIpc) is 3.08. The Bertz CT molecular complexity index is 606. The van der Waals surface area contributed by atoms with E-state index in [1.807, 2.05) is 28.9 Å². The standard InChI is InChI=1S/C15H18N2OS/c1-18-13-8-6-12(7-9-13)17-15(19)10-14(16-17)11-4-2-3-5-11/h6-11,16H,2-5H2,1H3. The second-order valence-corrected chi connectivity index (χ2v) is 5.48. The number of aromatic nitrogens is 2. The predicted octanol–water partition coefficient (Wildman–Crippen LogP) is 4.20. The molecule has 2 aromatic rings. The Kier molecular flexibility index (Phi) is 3.42. The van der Waals surface area contributed by atoms with Crippen molar-refractivity contribution in [1.29, 1.82) is 0 Å². The molecule has 1 aliphatic carbocycles. The summed E-state index contributed by atoms with van der Waals surface area (Å²) in [6, 6.07) is 10.0. The van der Waals surface area contributed by atoms with Gasteiger partial charge in [-0.05, 0) is 43.2 Å². The summed E-state index contributed by atoms with van der Waals surface area (Å²) in [4.78, 5) is 0. The molecule has 0 unspecified atom stereocenters. The first-order valence-corrected chi connectivity index (χ1v) is 7.15. The van der Waals surface area contributed by atoms with Crippen LogP contribution in [-0.2, 0) is 0 Å². The molecule has 0 bridgehead atoms. The van der Waals surface area contributed by atoms with Crippen LogP contribution in [-0.4, -0.2) is 16.9 Å². The first-order chi connectivity index (χ1) is 9.28. The van der Waals surface area contributed by atoms with Crippen molar-refractivity contribution in [1.82, 2.24) is 9.78 Å². The van der Waals surface area contributed by atoms with E-state index in [-0.39, 0.29) is 0 Å². The summed E-state index contributed by atoms with van der Waals surface area (Å²) in [5.74, 6) is 1.51. The molecule has 3 rings (SSSR count). The number of methoxy groups -OCH3 is 1. The van der Waals surface area contributed by atoms with Crippen molar-refractivity contribution in [2.45, 2.75) is 31.6 Å². The van der Waals surface area contributed by atoms with Gasteiger partial charge in [-0.1, -0.05) is 25.1 Å². The van der Waals surface area contributed by atoms with Crippen molar-refractivity contribution in [3.63, 3.8) is 0 Å². The van der Waals surface area contributed by atoms with Crippen LogP contribution in [0.4, 0.5) is 0 Å².